The SMILES string of the molecule is O=C(C1CCN(c2ccccc2)C1)N1CC(c2cccnc2)C1. The van der Waals surface area contributed by atoms with E-state index in [9.17, 15) is 4.79 Å². The van der Waals surface area contributed by atoms with Gasteiger partial charge in [-0.1, -0.05) is 24.3 Å². The van der Waals surface area contributed by atoms with Crippen LogP contribution in [0.2, 0.25) is 0 Å². The maximum absolute atomic E-state index is 12.7. The third kappa shape index (κ3) is 2.81. The lowest BCUT2D eigenvalue weighted by molar-refractivity contribution is -0.139. The number of amides is 1. The number of anilines is 1. The van der Waals surface area contributed by atoms with Gasteiger partial charge in [0.2, 0.25) is 5.91 Å². The zero-order valence-corrected chi connectivity index (χ0v) is 13.1. The van der Waals surface area contributed by atoms with Gasteiger partial charge in [0.05, 0.1) is 5.92 Å². The largest absolute Gasteiger partial charge is 0.371 e. The third-order valence-corrected chi connectivity index (χ3v) is 5.01. The smallest absolute Gasteiger partial charge is 0.227 e. The van der Waals surface area contributed by atoms with Crippen molar-refractivity contribution in [3.05, 3.63) is 60.4 Å². The Labute approximate surface area is 136 Å². The molecule has 1 unspecified atom stereocenters. The number of hydrogen-bond donors (Lipinski definition) is 0. The number of rotatable bonds is 3. The van der Waals surface area contributed by atoms with Gasteiger partial charge in [-0.2, -0.15) is 0 Å². The van der Waals surface area contributed by atoms with Crippen molar-refractivity contribution in [1.29, 1.82) is 0 Å². The second kappa shape index (κ2) is 6.03. The van der Waals surface area contributed by atoms with Gasteiger partial charge >= 0.3 is 0 Å². The molecule has 0 spiro atoms. The molecule has 0 aliphatic carbocycles. The number of benzene rings is 1. The van der Waals surface area contributed by atoms with Crippen LogP contribution in [0.4, 0.5) is 5.69 Å². The van der Waals surface area contributed by atoms with Gasteiger partial charge in [0.25, 0.3) is 0 Å². The summed E-state index contributed by atoms with van der Waals surface area (Å²) in [6.45, 7) is 3.50. The van der Waals surface area contributed by atoms with Crippen LogP contribution >= 0.6 is 0 Å². The number of nitrogens with zero attached hydrogens (tertiary/aromatic N) is 3. The highest BCUT2D eigenvalue weighted by atomic mass is 16.2. The highest BCUT2D eigenvalue weighted by Gasteiger charge is 2.37. The fraction of sp³-hybridized carbons (Fsp3) is 0.368. The van der Waals surface area contributed by atoms with E-state index in [0.29, 0.717) is 11.8 Å². The first kappa shape index (κ1) is 14.2. The van der Waals surface area contributed by atoms with Crippen molar-refractivity contribution < 1.29 is 4.79 Å². The van der Waals surface area contributed by atoms with Gasteiger partial charge in [-0.3, -0.25) is 9.78 Å². The van der Waals surface area contributed by atoms with E-state index in [2.05, 4.69) is 40.2 Å². The molecule has 4 nitrogen and oxygen atoms in total. The molecular weight excluding hydrogens is 286 g/mol. The predicted molar refractivity (Wildman–Crippen MR) is 90.3 cm³/mol. The molecule has 23 heavy (non-hydrogen) atoms. The van der Waals surface area contributed by atoms with Crippen molar-refractivity contribution in [3.63, 3.8) is 0 Å². The van der Waals surface area contributed by atoms with Gasteiger partial charge in [-0.15, -0.1) is 0 Å². The monoisotopic (exact) mass is 307 g/mol. The summed E-state index contributed by atoms with van der Waals surface area (Å²) in [5, 5.41) is 0. The highest BCUT2D eigenvalue weighted by Crippen LogP contribution is 2.31. The second-order valence-corrected chi connectivity index (χ2v) is 6.49. The lowest BCUT2D eigenvalue weighted by atomic mass is 9.91. The maximum atomic E-state index is 12.7. The minimum Gasteiger partial charge on any atom is -0.371 e. The maximum Gasteiger partial charge on any atom is 0.227 e. The summed E-state index contributed by atoms with van der Waals surface area (Å²) in [6.07, 6.45) is 4.67. The van der Waals surface area contributed by atoms with Gasteiger partial charge in [0.1, 0.15) is 0 Å². The molecule has 0 radical (unpaired) electrons. The Hall–Kier alpha value is -2.36. The summed E-state index contributed by atoms with van der Waals surface area (Å²) in [7, 11) is 0. The molecule has 0 bridgehead atoms. The lowest BCUT2D eigenvalue weighted by Crippen LogP contribution is -2.51. The minimum absolute atomic E-state index is 0.144. The summed E-state index contributed by atoms with van der Waals surface area (Å²) in [5.74, 6) is 0.924. The van der Waals surface area contributed by atoms with Crippen LogP contribution in [0.1, 0.15) is 17.9 Å². The Morgan fingerprint density at radius 1 is 1.04 bits per heavy atom. The number of carbonyl (C=O) groups is 1. The quantitative estimate of drug-likeness (QED) is 0.874. The summed E-state index contributed by atoms with van der Waals surface area (Å²) < 4.78 is 0. The number of pyridine rings is 1. The van der Waals surface area contributed by atoms with Crippen LogP contribution in [0.25, 0.3) is 0 Å². The molecule has 1 aromatic carbocycles. The predicted octanol–water partition coefficient (Wildman–Crippen LogP) is 2.53. The van der Waals surface area contributed by atoms with E-state index < -0.39 is 0 Å². The van der Waals surface area contributed by atoms with E-state index in [0.717, 1.165) is 32.6 Å². The number of hydrogen-bond acceptors (Lipinski definition) is 3. The molecule has 1 aromatic heterocycles. The molecule has 118 valence electrons. The van der Waals surface area contributed by atoms with Gasteiger partial charge in [0.15, 0.2) is 0 Å². The molecule has 2 aliphatic heterocycles. The summed E-state index contributed by atoms with van der Waals surface area (Å²) in [4.78, 5) is 21.2. The average Bonchev–Trinajstić information content (AvgIpc) is 3.05. The number of likely N-dealkylation sites (tertiary alicyclic amines) is 1. The molecular formula is C19H21N3O. The van der Waals surface area contributed by atoms with Crippen molar-refractivity contribution in [2.24, 2.45) is 5.92 Å². The molecule has 0 saturated carbocycles. The molecule has 2 aromatic rings. The second-order valence-electron chi connectivity index (χ2n) is 6.49. The number of carbonyl (C=O) groups excluding carboxylic acids is 1. The molecule has 4 rings (SSSR count). The van der Waals surface area contributed by atoms with Crippen LogP contribution in [0.3, 0.4) is 0 Å². The van der Waals surface area contributed by atoms with Gasteiger partial charge in [-0.25, -0.2) is 0 Å². The van der Waals surface area contributed by atoms with Gasteiger partial charge in [0, 0.05) is 50.2 Å². The van der Waals surface area contributed by atoms with Crippen LogP contribution in [-0.2, 0) is 4.79 Å². The number of para-hydroxylation sites is 1. The van der Waals surface area contributed by atoms with Crippen LogP contribution in [0.5, 0.6) is 0 Å². The molecule has 2 aliphatic rings. The summed E-state index contributed by atoms with van der Waals surface area (Å²) in [6, 6.07) is 14.4. The van der Waals surface area contributed by atoms with Crippen molar-refractivity contribution in [3.8, 4) is 0 Å². The molecule has 2 saturated heterocycles. The van der Waals surface area contributed by atoms with Crippen LogP contribution in [0.15, 0.2) is 54.9 Å². The summed E-state index contributed by atoms with van der Waals surface area (Å²) in [5.41, 5.74) is 2.47. The highest BCUT2D eigenvalue weighted by molar-refractivity contribution is 5.81. The first-order chi connectivity index (χ1) is 11.3. The molecule has 2 fully saturated rings. The molecule has 3 heterocycles. The molecule has 4 heteroatoms. The Morgan fingerprint density at radius 2 is 1.87 bits per heavy atom. The average molecular weight is 307 g/mol. The Bertz CT molecular complexity index is 668. The van der Waals surface area contributed by atoms with Crippen molar-refractivity contribution in [2.75, 3.05) is 31.1 Å². The summed E-state index contributed by atoms with van der Waals surface area (Å²) >= 11 is 0. The molecule has 0 N–H and O–H groups in total. The van der Waals surface area contributed by atoms with E-state index in [1.807, 2.05) is 23.2 Å². The van der Waals surface area contributed by atoms with Gasteiger partial charge < -0.3 is 9.80 Å². The first-order valence-electron chi connectivity index (χ1n) is 8.30. The zero-order valence-electron chi connectivity index (χ0n) is 13.1. The Balaban J connectivity index is 1.33. The first-order valence-corrected chi connectivity index (χ1v) is 8.30. The van der Waals surface area contributed by atoms with Crippen LogP contribution in [0, 0.1) is 5.92 Å². The van der Waals surface area contributed by atoms with E-state index in [1.54, 1.807) is 6.20 Å². The minimum atomic E-state index is 0.144. The lowest BCUT2D eigenvalue weighted by Gasteiger charge is -2.40. The van der Waals surface area contributed by atoms with Crippen molar-refractivity contribution in [1.82, 2.24) is 9.88 Å². The fourth-order valence-electron chi connectivity index (χ4n) is 3.58. The molecule has 1 atom stereocenters. The van der Waals surface area contributed by atoms with Crippen molar-refractivity contribution >= 4 is 11.6 Å². The van der Waals surface area contributed by atoms with E-state index in [-0.39, 0.29) is 5.92 Å². The zero-order chi connectivity index (χ0) is 15.6. The topological polar surface area (TPSA) is 36.4 Å². The Kier molecular flexibility index (Phi) is 3.74. The van der Waals surface area contributed by atoms with E-state index in [1.165, 1.54) is 11.3 Å². The van der Waals surface area contributed by atoms with E-state index in [4.69, 9.17) is 0 Å². The normalized spacial score (nSPS) is 21.3. The van der Waals surface area contributed by atoms with E-state index >= 15 is 0 Å². The van der Waals surface area contributed by atoms with Crippen molar-refractivity contribution in [2.45, 2.75) is 12.3 Å². The van der Waals surface area contributed by atoms with Gasteiger partial charge in [-0.05, 0) is 30.2 Å². The van der Waals surface area contributed by atoms with Crippen LogP contribution < -0.4 is 4.90 Å². The third-order valence-electron chi connectivity index (χ3n) is 5.01. The standard InChI is InChI=1S/C19H21N3O/c23-19(22-13-17(14-22)15-5-4-9-20-11-15)16-8-10-21(12-16)18-6-2-1-3-7-18/h1-7,9,11,16-17H,8,10,12-14H2. The van der Waals surface area contributed by atoms with Crippen LogP contribution in [-0.4, -0.2) is 42.0 Å². The fourth-order valence-corrected chi connectivity index (χ4v) is 3.58. The molecule has 1 amide bonds. The number of aromatic nitrogens is 1. The Morgan fingerprint density at radius 3 is 2.61 bits per heavy atom.